The first-order valence-electron chi connectivity index (χ1n) is 6.92. The van der Waals surface area contributed by atoms with Crippen molar-refractivity contribution in [3.8, 4) is 0 Å². The fourth-order valence-electron chi connectivity index (χ4n) is 2.67. The van der Waals surface area contributed by atoms with Crippen LogP contribution in [0, 0.1) is 0 Å². The summed E-state index contributed by atoms with van der Waals surface area (Å²) in [5, 5.41) is 0.774. The van der Waals surface area contributed by atoms with Crippen LogP contribution in [0.3, 0.4) is 0 Å². The van der Waals surface area contributed by atoms with E-state index in [1.807, 2.05) is 24.3 Å². The van der Waals surface area contributed by atoms with E-state index in [1.165, 1.54) is 31.4 Å². The molecule has 3 heteroatoms. The van der Waals surface area contributed by atoms with Crippen molar-refractivity contribution < 1.29 is 0 Å². The van der Waals surface area contributed by atoms with E-state index in [1.54, 1.807) is 0 Å². The summed E-state index contributed by atoms with van der Waals surface area (Å²) >= 11 is 5.89. The number of hydrogen-bond donors (Lipinski definition) is 1. The predicted octanol–water partition coefficient (Wildman–Crippen LogP) is 3.60. The van der Waals surface area contributed by atoms with E-state index >= 15 is 0 Å². The van der Waals surface area contributed by atoms with Crippen molar-refractivity contribution in [2.75, 3.05) is 13.1 Å². The molecule has 0 bridgehead atoms. The van der Waals surface area contributed by atoms with Crippen LogP contribution in [0.5, 0.6) is 0 Å². The molecule has 0 aliphatic carbocycles. The largest absolute Gasteiger partial charge is 0.324 e. The Morgan fingerprint density at radius 2 is 2.06 bits per heavy atom. The topological polar surface area (TPSA) is 29.3 Å². The van der Waals surface area contributed by atoms with E-state index < -0.39 is 0 Å². The highest BCUT2D eigenvalue weighted by Crippen LogP contribution is 2.21. The van der Waals surface area contributed by atoms with Gasteiger partial charge in [-0.25, -0.2) is 0 Å². The highest BCUT2D eigenvalue weighted by atomic mass is 35.5. The summed E-state index contributed by atoms with van der Waals surface area (Å²) in [6, 6.07) is 8.74. The lowest BCUT2D eigenvalue weighted by atomic mass is 10.0. The first-order valence-corrected chi connectivity index (χ1v) is 7.29. The van der Waals surface area contributed by atoms with Gasteiger partial charge in [-0.15, -0.1) is 0 Å². The molecule has 1 fully saturated rings. The van der Waals surface area contributed by atoms with Gasteiger partial charge in [-0.1, -0.05) is 30.2 Å². The van der Waals surface area contributed by atoms with Gasteiger partial charge in [0, 0.05) is 23.7 Å². The smallest absolute Gasteiger partial charge is 0.0406 e. The Morgan fingerprint density at radius 3 is 2.72 bits per heavy atom. The summed E-state index contributed by atoms with van der Waals surface area (Å²) in [5.41, 5.74) is 7.42. The van der Waals surface area contributed by atoms with Gasteiger partial charge in [0.1, 0.15) is 0 Å². The first-order chi connectivity index (χ1) is 8.66. The second-order valence-corrected chi connectivity index (χ2v) is 5.76. The van der Waals surface area contributed by atoms with Gasteiger partial charge in [0.2, 0.25) is 0 Å². The number of nitrogens with zero attached hydrogens (tertiary/aromatic N) is 1. The van der Waals surface area contributed by atoms with Crippen molar-refractivity contribution in [2.24, 2.45) is 5.73 Å². The molecule has 100 valence electrons. The maximum absolute atomic E-state index is 6.24. The van der Waals surface area contributed by atoms with Crippen molar-refractivity contribution in [1.29, 1.82) is 0 Å². The Bertz CT molecular complexity index is 363. The second kappa shape index (κ2) is 6.55. The average molecular weight is 267 g/mol. The van der Waals surface area contributed by atoms with Crippen LogP contribution in [0.1, 0.15) is 44.2 Å². The molecule has 0 amide bonds. The maximum atomic E-state index is 6.24. The monoisotopic (exact) mass is 266 g/mol. The minimum Gasteiger partial charge on any atom is -0.324 e. The summed E-state index contributed by atoms with van der Waals surface area (Å²) < 4.78 is 0. The van der Waals surface area contributed by atoms with Crippen molar-refractivity contribution >= 4 is 11.6 Å². The fraction of sp³-hybridized carbons (Fsp3) is 0.600. The molecule has 0 aromatic heterocycles. The summed E-state index contributed by atoms with van der Waals surface area (Å²) in [6.07, 6.45) is 5.06. The SMILES string of the molecule is CC1CCCCN1CCC(N)c1ccc(Cl)cc1. The van der Waals surface area contributed by atoms with Gasteiger partial charge in [0.05, 0.1) is 0 Å². The predicted molar refractivity (Wildman–Crippen MR) is 77.9 cm³/mol. The van der Waals surface area contributed by atoms with Crippen molar-refractivity contribution in [2.45, 2.75) is 44.7 Å². The molecule has 1 aromatic carbocycles. The normalized spacial score (nSPS) is 22.9. The third kappa shape index (κ3) is 3.71. The van der Waals surface area contributed by atoms with Crippen LogP contribution in [-0.4, -0.2) is 24.0 Å². The number of likely N-dealkylation sites (tertiary alicyclic amines) is 1. The van der Waals surface area contributed by atoms with Gasteiger partial charge in [0.15, 0.2) is 0 Å². The Morgan fingerprint density at radius 1 is 1.33 bits per heavy atom. The molecule has 0 spiro atoms. The van der Waals surface area contributed by atoms with E-state index in [0.717, 1.165) is 24.0 Å². The summed E-state index contributed by atoms with van der Waals surface area (Å²) in [6.45, 7) is 4.66. The zero-order valence-electron chi connectivity index (χ0n) is 11.1. The fourth-order valence-corrected chi connectivity index (χ4v) is 2.80. The van der Waals surface area contributed by atoms with Crippen LogP contribution in [0.25, 0.3) is 0 Å². The average Bonchev–Trinajstić information content (AvgIpc) is 2.38. The Labute approximate surface area is 115 Å². The zero-order valence-corrected chi connectivity index (χ0v) is 11.9. The number of nitrogens with two attached hydrogens (primary N) is 1. The molecule has 1 saturated heterocycles. The van der Waals surface area contributed by atoms with Crippen LogP contribution < -0.4 is 5.73 Å². The van der Waals surface area contributed by atoms with Crippen LogP contribution >= 0.6 is 11.6 Å². The van der Waals surface area contributed by atoms with Gasteiger partial charge < -0.3 is 10.6 Å². The number of benzene rings is 1. The molecule has 0 radical (unpaired) electrons. The lowest BCUT2D eigenvalue weighted by Gasteiger charge is -2.34. The molecular formula is C15H23ClN2. The molecule has 1 aliphatic heterocycles. The lowest BCUT2D eigenvalue weighted by molar-refractivity contribution is 0.155. The molecule has 2 N–H and O–H groups in total. The van der Waals surface area contributed by atoms with Crippen molar-refractivity contribution in [1.82, 2.24) is 4.90 Å². The number of rotatable bonds is 4. The third-order valence-electron chi connectivity index (χ3n) is 3.97. The van der Waals surface area contributed by atoms with Crippen molar-refractivity contribution in [3.63, 3.8) is 0 Å². The minimum absolute atomic E-state index is 0.122. The van der Waals surface area contributed by atoms with Gasteiger partial charge in [-0.2, -0.15) is 0 Å². The van der Waals surface area contributed by atoms with E-state index in [0.29, 0.717) is 0 Å². The minimum atomic E-state index is 0.122. The zero-order chi connectivity index (χ0) is 13.0. The van der Waals surface area contributed by atoms with Gasteiger partial charge in [-0.05, 0) is 50.4 Å². The molecule has 2 atom stereocenters. The summed E-state index contributed by atoms with van der Waals surface area (Å²) in [5.74, 6) is 0. The van der Waals surface area contributed by atoms with Crippen LogP contribution in [0.4, 0.5) is 0 Å². The summed E-state index contributed by atoms with van der Waals surface area (Å²) in [7, 11) is 0. The molecule has 0 saturated carbocycles. The molecular weight excluding hydrogens is 244 g/mol. The lowest BCUT2D eigenvalue weighted by Crippen LogP contribution is -2.38. The Hall–Kier alpha value is -0.570. The standard InChI is InChI=1S/C15H23ClN2/c1-12-4-2-3-10-18(12)11-9-15(17)13-5-7-14(16)8-6-13/h5-8,12,15H,2-4,9-11,17H2,1H3. The quantitative estimate of drug-likeness (QED) is 0.902. The number of hydrogen-bond acceptors (Lipinski definition) is 2. The van der Waals surface area contributed by atoms with E-state index in [4.69, 9.17) is 17.3 Å². The molecule has 2 rings (SSSR count). The molecule has 1 aliphatic rings. The van der Waals surface area contributed by atoms with E-state index in [-0.39, 0.29) is 6.04 Å². The maximum Gasteiger partial charge on any atom is 0.0406 e. The third-order valence-corrected chi connectivity index (χ3v) is 4.22. The molecule has 1 aromatic rings. The van der Waals surface area contributed by atoms with Crippen molar-refractivity contribution in [3.05, 3.63) is 34.9 Å². The molecule has 18 heavy (non-hydrogen) atoms. The van der Waals surface area contributed by atoms with Crippen LogP contribution in [-0.2, 0) is 0 Å². The number of piperidine rings is 1. The van der Waals surface area contributed by atoms with Gasteiger partial charge in [0.25, 0.3) is 0 Å². The van der Waals surface area contributed by atoms with E-state index in [2.05, 4.69) is 11.8 Å². The van der Waals surface area contributed by atoms with Crippen LogP contribution in [0.15, 0.2) is 24.3 Å². The molecule has 2 nitrogen and oxygen atoms in total. The van der Waals surface area contributed by atoms with Gasteiger partial charge in [-0.3, -0.25) is 0 Å². The number of halogens is 1. The highest BCUT2D eigenvalue weighted by Gasteiger charge is 2.18. The highest BCUT2D eigenvalue weighted by molar-refractivity contribution is 6.30. The van der Waals surface area contributed by atoms with Crippen LogP contribution in [0.2, 0.25) is 5.02 Å². The Balaban J connectivity index is 1.83. The molecule has 1 heterocycles. The van der Waals surface area contributed by atoms with Gasteiger partial charge >= 0.3 is 0 Å². The Kier molecular flexibility index (Phi) is 5.04. The summed E-state index contributed by atoms with van der Waals surface area (Å²) in [4.78, 5) is 2.57. The van der Waals surface area contributed by atoms with E-state index in [9.17, 15) is 0 Å². The molecule has 2 unspecified atom stereocenters. The first kappa shape index (κ1) is 13.9. The second-order valence-electron chi connectivity index (χ2n) is 5.33.